The number of non-ortho nitro benzene ring substituents is 1. The van der Waals surface area contributed by atoms with Gasteiger partial charge < -0.3 is 10.6 Å². The fraction of sp³-hybridized carbons (Fsp3) is 0.222. The molecule has 8 heteroatoms. The number of carbonyl (C=O) groups excluding carboxylic acids is 1. The lowest BCUT2D eigenvalue weighted by Crippen LogP contribution is -2.29. The van der Waals surface area contributed by atoms with E-state index < -0.39 is 4.92 Å². The first-order chi connectivity index (χ1) is 17.0. The van der Waals surface area contributed by atoms with Crippen molar-refractivity contribution in [3.05, 3.63) is 98.0 Å². The molecule has 0 bridgehead atoms. The zero-order chi connectivity index (χ0) is 24.4. The van der Waals surface area contributed by atoms with Crippen molar-refractivity contribution in [2.24, 2.45) is 0 Å². The van der Waals surface area contributed by atoms with Crippen molar-refractivity contribution >= 4 is 50.2 Å². The van der Waals surface area contributed by atoms with Crippen LogP contribution in [0.25, 0.3) is 11.3 Å². The number of nitro benzene ring substituents is 1. The molecular weight excluding hydrogens is 508 g/mol. The standard InChI is InChI=1S/C27H25BrN4O3/c28-20-8-6-19(7-9-20)26(25-23-16-22(32(34)35)12-13-24(23)30-27(25)33)29-21-10-4-18(5-11-21)17-31-14-2-1-3-15-31/h4-13,16,29H,1-3,14-15,17H2,(H,30,33). The summed E-state index contributed by atoms with van der Waals surface area (Å²) in [6.45, 7) is 3.21. The Morgan fingerprint density at radius 3 is 2.40 bits per heavy atom. The Kier molecular flexibility index (Phi) is 6.66. The van der Waals surface area contributed by atoms with Gasteiger partial charge in [-0.2, -0.15) is 0 Å². The molecule has 0 atom stereocenters. The quantitative estimate of drug-likeness (QED) is 0.221. The first-order valence-electron chi connectivity index (χ1n) is 11.7. The lowest BCUT2D eigenvalue weighted by atomic mass is 9.99. The van der Waals surface area contributed by atoms with Crippen molar-refractivity contribution < 1.29 is 9.72 Å². The summed E-state index contributed by atoms with van der Waals surface area (Å²) in [7, 11) is 0. The van der Waals surface area contributed by atoms with Gasteiger partial charge in [0, 0.05) is 40.1 Å². The minimum absolute atomic E-state index is 0.0602. The zero-order valence-electron chi connectivity index (χ0n) is 19.1. The molecule has 2 N–H and O–H groups in total. The zero-order valence-corrected chi connectivity index (χ0v) is 20.7. The van der Waals surface area contributed by atoms with Crippen LogP contribution in [0.2, 0.25) is 0 Å². The summed E-state index contributed by atoms with van der Waals surface area (Å²) in [5.74, 6) is -0.298. The number of carbonyl (C=O) groups is 1. The lowest BCUT2D eigenvalue weighted by Gasteiger charge is -2.26. The predicted molar refractivity (Wildman–Crippen MR) is 142 cm³/mol. The highest BCUT2D eigenvalue weighted by Gasteiger charge is 2.30. The van der Waals surface area contributed by atoms with Crippen LogP contribution in [-0.4, -0.2) is 28.8 Å². The van der Waals surface area contributed by atoms with Gasteiger partial charge in [-0.25, -0.2) is 0 Å². The normalized spacial score (nSPS) is 17.0. The summed E-state index contributed by atoms with van der Waals surface area (Å²) < 4.78 is 0.916. The first kappa shape index (κ1) is 23.3. The third kappa shape index (κ3) is 5.13. The Morgan fingerprint density at radius 2 is 1.71 bits per heavy atom. The molecule has 7 nitrogen and oxygen atoms in total. The summed E-state index contributed by atoms with van der Waals surface area (Å²) in [6.07, 6.45) is 3.82. The van der Waals surface area contributed by atoms with Gasteiger partial charge in [-0.15, -0.1) is 0 Å². The molecule has 0 aliphatic carbocycles. The van der Waals surface area contributed by atoms with Gasteiger partial charge >= 0.3 is 0 Å². The van der Waals surface area contributed by atoms with Gasteiger partial charge in [0.25, 0.3) is 11.6 Å². The van der Waals surface area contributed by atoms with E-state index in [2.05, 4.69) is 43.6 Å². The average Bonchev–Trinajstić information content (AvgIpc) is 3.19. The second kappa shape index (κ2) is 10.0. The molecule has 1 amide bonds. The van der Waals surface area contributed by atoms with Crippen LogP contribution in [0.3, 0.4) is 0 Å². The molecule has 3 aromatic rings. The maximum absolute atomic E-state index is 13.1. The average molecular weight is 533 g/mol. The number of hydrogen-bond donors (Lipinski definition) is 2. The lowest BCUT2D eigenvalue weighted by molar-refractivity contribution is -0.384. The molecular formula is C27H25BrN4O3. The van der Waals surface area contributed by atoms with E-state index in [-0.39, 0.29) is 11.6 Å². The van der Waals surface area contributed by atoms with Crippen LogP contribution < -0.4 is 10.6 Å². The molecule has 1 fully saturated rings. The fourth-order valence-electron chi connectivity index (χ4n) is 4.63. The Hall–Kier alpha value is -3.49. The number of piperidine rings is 1. The number of hydrogen-bond acceptors (Lipinski definition) is 5. The number of fused-ring (bicyclic) bond motifs is 1. The highest BCUT2D eigenvalue weighted by molar-refractivity contribution is 9.10. The number of nitrogens with zero attached hydrogens (tertiary/aromatic N) is 2. The topological polar surface area (TPSA) is 87.5 Å². The van der Waals surface area contributed by atoms with E-state index in [1.807, 2.05) is 36.4 Å². The first-order valence-corrected chi connectivity index (χ1v) is 12.5. The van der Waals surface area contributed by atoms with Crippen molar-refractivity contribution in [1.82, 2.24) is 4.90 Å². The van der Waals surface area contributed by atoms with Gasteiger partial charge in [-0.05, 0) is 67.4 Å². The molecule has 0 aromatic heterocycles. The van der Waals surface area contributed by atoms with Gasteiger partial charge in [0.2, 0.25) is 0 Å². The Labute approximate surface area is 212 Å². The van der Waals surface area contributed by atoms with E-state index in [0.29, 0.717) is 22.5 Å². The summed E-state index contributed by atoms with van der Waals surface area (Å²) in [4.78, 5) is 26.5. The fourth-order valence-corrected chi connectivity index (χ4v) is 4.89. The largest absolute Gasteiger partial charge is 0.354 e. The Morgan fingerprint density at radius 1 is 1.00 bits per heavy atom. The van der Waals surface area contributed by atoms with Crippen molar-refractivity contribution in [1.29, 1.82) is 0 Å². The minimum atomic E-state index is -0.450. The smallest absolute Gasteiger partial charge is 0.270 e. The minimum Gasteiger partial charge on any atom is -0.354 e. The third-order valence-electron chi connectivity index (χ3n) is 6.42. The van der Waals surface area contributed by atoms with E-state index in [1.165, 1.54) is 37.0 Å². The molecule has 1 saturated heterocycles. The predicted octanol–water partition coefficient (Wildman–Crippen LogP) is 6.28. The number of likely N-dealkylation sites (tertiary alicyclic amines) is 1. The maximum atomic E-state index is 13.1. The van der Waals surface area contributed by atoms with E-state index in [4.69, 9.17) is 0 Å². The summed E-state index contributed by atoms with van der Waals surface area (Å²) in [5, 5.41) is 17.7. The number of nitrogens with one attached hydrogen (secondary N) is 2. The Balaban J connectivity index is 1.51. The van der Waals surface area contributed by atoms with Gasteiger partial charge in [0.1, 0.15) is 0 Å². The SMILES string of the molecule is O=C1Nc2ccc([N+](=O)[O-])cc2C1=C(Nc1ccc(CN2CCCCC2)cc1)c1ccc(Br)cc1. The van der Waals surface area contributed by atoms with Gasteiger partial charge in [0.05, 0.1) is 16.2 Å². The molecule has 0 unspecified atom stereocenters. The molecule has 0 radical (unpaired) electrons. The van der Waals surface area contributed by atoms with Gasteiger partial charge in [-0.3, -0.25) is 19.8 Å². The maximum Gasteiger partial charge on any atom is 0.270 e. The van der Waals surface area contributed by atoms with Crippen LogP contribution in [-0.2, 0) is 11.3 Å². The number of anilines is 2. The van der Waals surface area contributed by atoms with Gasteiger partial charge in [0.15, 0.2) is 0 Å². The monoisotopic (exact) mass is 532 g/mol. The molecule has 178 valence electrons. The second-order valence-corrected chi connectivity index (χ2v) is 9.77. The molecule has 2 aliphatic rings. The van der Waals surface area contributed by atoms with Crippen molar-refractivity contribution in [3.8, 4) is 0 Å². The molecule has 3 aromatic carbocycles. The molecule has 5 rings (SSSR count). The van der Waals surface area contributed by atoms with E-state index in [1.54, 1.807) is 6.07 Å². The molecule has 0 spiro atoms. The van der Waals surface area contributed by atoms with Crippen molar-refractivity contribution in [2.45, 2.75) is 25.8 Å². The van der Waals surface area contributed by atoms with Crippen LogP contribution in [0.15, 0.2) is 71.2 Å². The summed E-state index contributed by atoms with van der Waals surface area (Å²) in [6, 6.07) is 20.3. The summed E-state index contributed by atoms with van der Waals surface area (Å²) in [5.41, 5.74) is 4.87. The van der Waals surface area contributed by atoms with E-state index >= 15 is 0 Å². The second-order valence-electron chi connectivity index (χ2n) is 8.86. The van der Waals surface area contributed by atoms with Crippen molar-refractivity contribution in [2.75, 3.05) is 23.7 Å². The van der Waals surface area contributed by atoms with E-state index in [9.17, 15) is 14.9 Å². The number of amides is 1. The van der Waals surface area contributed by atoms with Crippen LogP contribution >= 0.6 is 15.9 Å². The molecule has 2 heterocycles. The Bertz CT molecular complexity index is 1300. The summed E-state index contributed by atoms with van der Waals surface area (Å²) >= 11 is 3.46. The highest BCUT2D eigenvalue weighted by Crippen LogP contribution is 2.39. The highest BCUT2D eigenvalue weighted by atomic mass is 79.9. The molecule has 35 heavy (non-hydrogen) atoms. The number of halogens is 1. The van der Waals surface area contributed by atoms with Crippen LogP contribution in [0.1, 0.15) is 36.0 Å². The number of nitro groups is 1. The van der Waals surface area contributed by atoms with E-state index in [0.717, 1.165) is 35.4 Å². The van der Waals surface area contributed by atoms with Crippen molar-refractivity contribution in [3.63, 3.8) is 0 Å². The number of benzene rings is 3. The number of rotatable bonds is 6. The van der Waals surface area contributed by atoms with Crippen LogP contribution in [0, 0.1) is 10.1 Å². The molecule has 2 aliphatic heterocycles. The van der Waals surface area contributed by atoms with Crippen LogP contribution in [0.5, 0.6) is 0 Å². The van der Waals surface area contributed by atoms with Crippen LogP contribution in [0.4, 0.5) is 17.1 Å². The third-order valence-corrected chi connectivity index (χ3v) is 6.95. The molecule has 0 saturated carbocycles. The van der Waals surface area contributed by atoms with Gasteiger partial charge in [-0.1, -0.05) is 46.6 Å².